The highest BCUT2D eigenvalue weighted by Gasteiger charge is 2.18. The average molecular weight is 446 g/mol. The molecule has 4 rings (SSSR count). The fourth-order valence-electron chi connectivity index (χ4n) is 3.21. The molecule has 32 heavy (non-hydrogen) atoms. The first-order chi connectivity index (χ1) is 15.7. The van der Waals surface area contributed by atoms with Gasteiger partial charge in [0.1, 0.15) is 5.75 Å². The molecule has 0 saturated carbocycles. The summed E-state index contributed by atoms with van der Waals surface area (Å²) in [4.78, 5) is 16.6. The monoisotopic (exact) mass is 445 g/mol. The van der Waals surface area contributed by atoms with Gasteiger partial charge in [-0.2, -0.15) is 0 Å². The Balaban J connectivity index is 1.50. The number of methoxy groups -OCH3 is 1. The number of aromatic nitrogens is 4. The van der Waals surface area contributed by atoms with Gasteiger partial charge in [0.25, 0.3) is 0 Å². The van der Waals surface area contributed by atoms with Crippen LogP contribution < -0.4 is 10.1 Å². The maximum absolute atomic E-state index is 12.5. The maximum Gasteiger partial charge on any atom is 0.230 e. The summed E-state index contributed by atoms with van der Waals surface area (Å²) in [6.45, 7) is 2.50. The van der Waals surface area contributed by atoms with Crippen LogP contribution >= 0.6 is 11.8 Å². The number of carbonyl (C=O) groups is 1. The molecule has 0 aliphatic heterocycles. The van der Waals surface area contributed by atoms with Crippen LogP contribution in [0.15, 0.2) is 78.2 Å². The highest BCUT2D eigenvalue weighted by atomic mass is 32.2. The Labute approximate surface area is 190 Å². The molecule has 0 bridgehead atoms. The number of pyridine rings is 1. The first kappa shape index (κ1) is 21.6. The summed E-state index contributed by atoms with van der Waals surface area (Å²) in [5.74, 6) is 1.66. The van der Waals surface area contributed by atoms with Gasteiger partial charge in [-0.1, -0.05) is 42.1 Å². The van der Waals surface area contributed by atoms with E-state index in [2.05, 4.69) is 20.5 Å². The second kappa shape index (κ2) is 10.1. The molecule has 0 radical (unpaired) electrons. The summed E-state index contributed by atoms with van der Waals surface area (Å²) in [5, 5.41) is 12.4. The van der Waals surface area contributed by atoms with Crippen molar-refractivity contribution < 1.29 is 9.53 Å². The van der Waals surface area contributed by atoms with Gasteiger partial charge in [0.05, 0.1) is 18.6 Å². The van der Waals surface area contributed by atoms with Crippen molar-refractivity contribution in [2.24, 2.45) is 0 Å². The van der Waals surface area contributed by atoms with E-state index < -0.39 is 0 Å². The number of aryl methyl sites for hydroxylation is 1. The van der Waals surface area contributed by atoms with Crippen LogP contribution in [-0.4, -0.2) is 38.5 Å². The molecule has 162 valence electrons. The smallest absolute Gasteiger partial charge is 0.230 e. The predicted molar refractivity (Wildman–Crippen MR) is 125 cm³/mol. The third-order valence-electron chi connectivity index (χ3n) is 4.91. The number of ether oxygens (including phenoxy) is 1. The molecular weight excluding hydrogens is 422 g/mol. The number of nitrogens with zero attached hydrogens (tertiary/aromatic N) is 4. The van der Waals surface area contributed by atoms with Gasteiger partial charge < -0.3 is 10.1 Å². The van der Waals surface area contributed by atoms with Gasteiger partial charge in [-0.15, -0.1) is 10.2 Å². The number of carbonyl (C=O) groups excluding carboxylic acids is 1. The van der Waals surface area contributed by atoms with Gasteiger partial charge in [-0.25, -0.2) is 0 Å². The van der Waals surface area contributed by atoms with Crippen molar-refractivity contribution in [3.63, 3.8) is 0 Å². The molecule has 2 aromatic carbocycles. The molecule has 4 aromatic rings. The Morgan fingerprint density at radius 1 is 1.03 bits per heavy atom. The minimum absolute atomic E-state index is 0.0735. The van der Waals surface area contributed by atoms with Crippen molar-refractivity contribution in [1.82, 2.24) is 25.1 Å². The van der Waals surface area contributed by atoms with E-state index in [1.54, 1.807) is 19.5 Å². The highest BCUT2D eigenvalue weighted by Crippen LogP contribution is 2.29. The molecule has 1 N–H and O–H groups in total. The van der Waals surface area contributed by atoms with Crippen molar-refractivity contribution >= 4 is 17.7 Å². The van der Waals surface area contributed by atoms with Crippen LogP contribution in [0.3, 0.4) is 0 Å². The van der Waals surface area contributed by atoms with E-state index in [9.17, 15) is 4.79 Å². The summed E-state index contributed by atoms with van der Waals surface area (Å²) in [5.41, 5.74) is 3.98. The molecule has 8 heteroatoms. The summed E-state index contributed by atoms with van der Waals surface area (Å²) in [6.07, 6.45) is 3.46. The van der Waals surface area contributed by atoms with E-state index in [4.69, 9.17) is 4.74 Å². The average Bonchev–Trinajstić information content (AvgIpc) is 3.26. The topological polar surface area (TPSA) is 81.9 Å². The lowest BCUT2D eigenvalue weighted by atomic mass is 10.2. The Morgan fingerprint density at radius 3 is 2.50 bits per heavy atom. The number of amides is 1. The zero-order valence-electron chi connectivity index (χ0n) is 17.9. The van der Waals surface area contributed by atoms with E-state index in [1.807, 2.05) is 72.2 Å². The molecule has 0 aliphatic carbocycles. The van der Waals surface area contributed by atoms with Gasteiger partial charge in [-0.3, -0.25) is 14.3 Å². The van der Waals surface area contributed by atoms with Crippen LogP contribution in [0.5, 0.6) is 5.75 Å². The van der Waals surface area contributed by atoms with Crippen molar-refractivity contribution in [2.45, 2.75) is 18.6 Å². The standard InChI is InChI=1S/C24H23N5O2S/c1-17-5-3-4-6-21(17)29-23(19-11-13-25-14-12-19)27-28-24(29)32-16-22(30)26-15-18-7-9-20(31-2)10-8-18/h3-14H,15-16H2,1-2H3,(H,26,30). The fraction of sp³-hybridized carbons (Fsp3) is 0.167. The van der Waals surface area contributed by atoms with Gasteiger partial charge in [-0.05, 0) is 48.4 Å². The molecule has 0 unspecified atom stereocenters. The first-order valence-electron chi connectivity index (χ1n) is 10.1. The molecular formula is C24H23N5O2S. The number of hydrogen-bond acceptors (Lipinski definition) is 6. The lowest BCUT2D eigenvalue weighted by Crippen LogP contribution is -2.24. The van der Waals surface area contributed by atoms with Crippen molar-refractivity contribution in [3.8, 4) is 22.8 Å². The predicted octanol–water partition coefficient (Wildman–Crippen LogP) is 4.05. The lowest BCUT2D eigenvalue weighted by molar-refractivity contribution is -0.118. The second-order valence-electron chi connectivity index (χ2n) is 7.08. The molecule has 2 aromatic heterocycles. The Bertz CT molecular complexity index is 1190. The Morgan fingerprint density at radius 2 is 1.78 bits per heavy atom. The van der Waals surface area contributed by atoms with E-state index >= 15 is 0 Å². The van der Waals surface area contributed by atoms with Crippen LogP contribution in [-0.2, 0) is 11.3 Å². The van der Waals surface area contributed by atoms with E-state index in [0.29, 0.717) is 17.5 Å². The first-order valence-corrected chi connectivity index (χ1v) is 11.1. The third kappa shape index (κ3) is 4.97. The van der Waals surface area contributed by atoms with Crippen molar-refractivity contribution in [2.75, 3.05) is 12.9 Å². The number of para-hydroxylation sites is 1. The zero-order chi connectivity index (χ0) is 22.3. The normalized spacial score (nSPS) is 10.7. The molecule has 0 fully saturated rings. The largest absolute Gasteiger partial charge is 0.497 e. The quantitative estimate of drug-likeness (QED) is 0.412. The number of nitrogens with one attached hydrogen (secondary N) is 1. The van der Waals surface area contributed by atoms with E-state index in [-0.39, 0.29) is 11.7 Å². The van der Waals surface area contributed by atoms with Crippen LogP contribution in [0.25, 0.3) is 17.1 Å². The number of rotatable bonds is 8. The molecule has 0 saturated heterocycles. The molecule has 0 aliphatic rings. The van der Waals surface area contributed by atoms with E-state index in [0.717, 1.165) is 28.1 Å². The number of hydrogen-bond donors (Lipinski definition) is 1. The summed E-state index contributed by atoms with van der Waals surface area (Å²) in [6, 6.07) is 19.5. The Hall–Kier alpha value is -3.65. The molecule has 0 spiro atoms. The van der Waals surface area contributed by atoms with Gasteiger partial charge in [0, 0.05) is 24.5 Å². The molecule has 7 nitrogen and oxygen atoms in total. The molecule has 1 amide bonds. The third-order valence-corrected chi connectivity index (χ3v) is 5.84. The van der Waals surface area contributed by atoms with Crippen LogP contribution in [0.4, 0.5) is 0 Å². The summed E-state index contributed by atoms with van der Waals surface area (Å²) >= 11 is 1.36. The summed E-state index contributed by atoms with van der Waals surface area (Å²) in [7, 11) is 1.63. The lowest BCUT2D eigenvalue weighted by Gasteiger charge is -2.13. The minimum Gasteiger partial charge on any atom is -0.497 e. The van der Waals surface area contributed by atoms with Crippen LogP contribution in [0, 0.1) is 6.92 Å². The maximum atomic E-state index is 12.5. The van der Waals surface area contributed by atoms with Gasteiger partial charge in [0.15, 0.2) is 11.0 Å². The van der Waals surface area contributed by atoms with Crippen molar-refractivity contribution in [3.05, 3.63) is 84.2 Å². The van der Waals surface area contributed by atoms with E-state index in [1.165, 1.54) is 11.8 Å². The zero-order valence-corrected chi connectivity index (χ0v) is 18.7. The molecule has 2 heterocycles. The van der Waals surface area contributed by atoms with Crippen molar-refractivity contribution in [1.29, 1.82) is 0 Å². The number of benzene rings is 2. The van der Waals surface area contributed by atoms with Gasteiger partial charge in [0.2, 0.25) is 5.91 Å². The SMILES string of the molecule is COc1ccc(CNC(=O)CSc2nnc(-c3ccncc3)n2-c2ccccc2C)cc1. The second-order valence-corrected chi connectivity index (χ2v) is 8.02. The fourth-order valence-corrected chi connectivity index (χ4v) is 3.98. The summed E-state index contributed by atoms with van der Waals surface area (Å²) < 4.78 is 7.16. The van der Waals surface area contributed by atoms with Gasteiger partial charge >= 0.3 is 0 Å². The van der Waals surface area contributed by atoms with Crippen LogP contribution in [0.1, 0.15) is 11.1 Å². The number of thioether (sulfide) groups is 1. The molecule has 0 atom stereocenters. The Kier molecular flexibility index (Phi) is 6.81. The minimum atomic E-state index is -0.0735. The highest BCUT2D eigenvalue weighted by molar-refractivity contribution is 7.99. The van der Waals surface area contributed by atoms with Crippen LogP contribution in [0.2, 0.25) is 0 Å².